The molecule has 1 aromatic carbocycles. The topological polar surface area (TPSA) is 44.0 Å². The van der Waals surface area contributed by atoms with E-state index in [1.165, 1.54) is 30.5 Å². The van der Waals surface area contributed by atoms with Gasteiger partial charge in [-0.1, -0.05) is 24.6 Å². The van der Waals surface area contributed by atoms with Gasteiger partial charge < -0.3 is 14.6 Å². The average molecular weight is 352 g/mol. The molecule has 0 amide bonds. The SMILES string of the molecule is CN=C(NCC(c1ccco1)N1CCCCC1)N1CCc2ccccc21. The summed E-state index contributed by atoms with van der Waals surface area (Å²) in [5.74, 6) is 1.99. The molecule has 5 nitrogen and oxygen atoms in total. The van der Waals surface area contributed by atoms with Crippen LogP contribution in [0.2, 0.25) is 0 Å². The van der Waals surface area contributed by atoms with Crippen molar-refractivity contribution in [1.29, 1.82) is 0 Å². The maximum absolute atomic E-state index is 5.76. The number of hydrogen-bond donors (Lipinski definition) is 1. The Morgan fingerprint density at radius 3 is 2.73 bits per heavy atom. The van der Waals surface area contributed by atoms with Gasteiger partial charge in [-0.3, -0.25) is 9.89 Å². The van der Waals surface area contributed by atoms with Crippen molar-refractivity contribution in [3.05, 3.63) is 54.0 Å². The molecule has 0 aliphatic carbocycles. The van der Waals surface area contributed by atoms with E-state index < -0.39 is 0 Å². The highest BCUT2D eigenvalue weighted by Crippen LogP contribution is 2.28. The summed E-state index contributed by atoms with van der Waals surface area (Å²) in [6.07, 6.45) is 6.72. The first-order valence-electron chi connectivity index (χ1n) is 9.70. The molecule has 26 heavy (non-hydrogen) atoms. The van der Waals surface area contributed by atoms with Crippen LogP contribution in [0.4, 0.5) is 5.69 Å². The number of piperidine rings is 1. The van der Waals surface area contributed by atoms with Crippen LogP contribution in [0.1, 0.15) is 36.6 Å². The van der Waals surface area contributed by atoms with Crippen LogP contribution >= 0.6 is 0 Å². The van der Waals surface area contributed by atoms with E-state index in [-0.39, 0.29) is 6.04 Å². The van der Waals surface area contributed by atoms with E-state index in [4.69, 9.17) is 4.42 Å². The van der Waals surface area contributed by atoms with E-state index in [9.17, 15) is 0 Å². The van der Waals surface area contributed by atoms with Gasteiger partial charge >= 0.3 is 0 Å². The first-order valence-corrected chi connectivity index (χ1v) is 9.70. The van der Waals surface area contributed by atoms with Gasteiger partial charge in [0.1, 0.15) is 5.76 Å². The molecule has 2 aromatic rings. The zero-order valence-electron chi connectivity index (χ0n) is 15.5. The van der Waals surface area contributed by atoms with Gasteiger partial charge in [0.25, 0.3) is 0 Å². The highest BCUT2D eigenvalue weighted by atomic mass is 16.3. The molecule has 2 aliphatic rings. The maximum Gasteiger partial charge on any atom is 0.198 e. The van der Waals surface area contributed by atoms with Gasteiger partial charge in [-0.2, -0.15) is 0 Å². The minimum Gasteiger partial charge on any atom is -0.468 e. The summed E-state index contributed by atoms with van der Waals surface area (Å²) < 4.78 is 5.76. The zero-order valence-corrected chi connectivity index (χ0v) is 15.5. The third-order valence-corrected chi connectivity index (χ3v) is 5.51. The predicted molar refractivity (Wildman–Crippen MR) is 106 cm³/mol. The summed E-state index contributed by atoms with van der Waals surface area (Å²) in [4.78, 5) is 9.39. The van der Waals surface area contributed by atoms with Crippen molar-refractivity contribution in [3.63, 3.8) is 0 Å². The first-order chi connectivity index (χ1) is 12.9. The Morgan fingerprint density at radius 1 is 1.12 bits per heavy atom. The number of hydrogen-bond acceptors (Lipinski definition) is 3. The van der Waals surface area contributed by atoms with Gasteiger partial charge in [0, 0.05) is 25.8 Å². The van der Waals surface area contributed by atoms with Gasteiger partial charge in [-0.25, -0.2) is 0 Å². The molecule has 0 radical (unpaired) electrons. The molecule has 1 saturated heterocycles. The van der Waals surface area contributed by atoms with Crippen molar-refractivity contribution < 1.29 is 4.42 Å². The lowest BCUT2D eigenvalue weighted by atomic mass is 10.1. The first kappa shape index (κ1) is 17.2. The maximum atomic E-state index is 5.76. The average Bonchev–Trinajstić information content (AvgIpc) is 3.36. The molecule has 138 valence electrons. The molecule has 5 heteroatoms. The van der Waals surface area contributed by atoms with Crippen LogP contribution in [0.25, 0.3) is 0 Å². The number of guanidine groups is 1. The monoisotopic (exact) mass is 352 g/mol. The molecule has 4 rings (SSSR count). The van der Waals surface area contributed by atoms with E-state index in [1.807, 2.05) is 13.1 Å². The lowest BCUT2D eigenvalue weighted by molar-refractivity contribution is 0.146. The van der Waals surface area contributed by atoms with Crippen LogP contribution in [-0.2, 0) is 6.42 Å². The van der Waals surface area contributed by atoms with Gasteiger partial charge in [0.15, 0.2) is 5.96 Å². The zero-order chi connectivity index (χ0) is 17.8. The minimum absolute atomic E-state index is 0.250. The summed E-state index contributed by atoms with van der Waals surface area (Å²) >= 11 is 0. The molecule has 0 spiro atoms. The number of fused-ring (bicyclic) bond motifs is 1. The number of aliphatic imine (C=N–C) groups is 1. The van der Waals surface area contributed by atoms with Gasteiger partial charge in [-0.05, 0) is 56.1 Å². The van der Waals surface area contributed by atoms with Gasteiger partial charge in [0.2, 0.25) is 0 Å². The summed E-state index contributed by atoms with van der Waals surface area (Å²) in [7, 11) is 1.87. The fourth-order valence-electron chi connectivity index (χ4n) is 4.16. The van der Waals surface area contributed by atoms with Crippen LogP contribution in [0.5, 0.6) is 0 Å². The molecule has 1 N–H and O–H groups in total. The Morgan fingerprint density at radius 2 is 1.96 bits per heavy atom. The lowest BCUT2D eigenvalue weighted by Gasteiger charge is -2.34. The molecule has 1 atom stereocenters. The number of rotatable bonds is 4. The molecule has 2 aliphatic heterocycles. The highest BCUT2D eigenvalue weighted by Gasteiger charge is 2.27. The number of benzene rings is 1. The number of nitrogens with zero attached hydrogens (tertiary/aromatic N) is 3. The molecule has 1 aromatic heterocycles. The molecule has 0 bridgehead atoms. The van der Waals surface area contributed by atoms with Crippen molar-refractivity contribution in [2.24, 2.45) is 4.99 Å². The third-order valence-electron chi connectivity index (χ3n) is 5.51. The van der Waals surface area contributed by atoms with Crippen molar-refractivity contribution in [2.75, 3.05) is 38.1 Å². The van der Waals surface area contributed by atoms with Crippen LogP contribution in [0.3, 0.4) is 0 Å². The van der Waals surface area contributed by atoms with Gasteiger partial charge in [-0.15, -0.1) is 0 Å². The molecule has 1 fully saturated rings. The Labute approximate surface area is 155 Å². The largest absolute Gasteiger partial charge is 0.468 e. The van der Waals surface area contributed by atoms with Crippen molar-refractivity contribution in [3.8, 4) is 0 Å². The van der Waals surface area contributed by atoms with Crippen LogP contribution in [0, 0.1) is 0 Å². The Hall–Kier alpha value is -2.27. The van der Waals surface area contributed by atoms with Crippen LogP contribution in [-0.4, -0.2) is 44.1 Å². The molecular weight excluding hydrogens is 324 g/mol. The van der Waals surface area contributed by atoms with Crippen molar-refractivity contribution >= 4 is 11.6 Å². The van der Waals surface area contributed by atoms with E-state index in [0.717, 1.165) is 44.3 Å². The standard InChI is InChI=1S/C21H28N4O/c1-22-21(25-14-11-17-8-3-4-9-18(17)25)23-16-19(20-10-7-15-26-20)24-12-5-2-6-13-24/h3-4,7-10,15,19H,2,5-6,11-14,16H2,1H3,(H,22,23). The number of likely N-dealkylation sites (tertiary alicyclic amines) is 1. The molecule has 0 saturated carbocycles. The second-order valence-electron chi connectivity index (χ2n) is 7.09. The quantitative estimate of drug-likeness (QED) is 0.676. The highest BCUT2D eigenvalue weighted by molar-refractivity contribution is 5.97. The molecule has 3 heterocycles. The Balaban J connectivity index is 1.48. The predicted octanol–water partition coefficient (Wildman–Crippen LogP) is 3.44. The second-order valence-corrected chi connectivity index (χ2v) is 7.09. The second kappa shape index (κ2) is 7.96. The summed E-state index contributed by atoms with van der Waals surface area (Å²) in [5.41, 5.74) is 2.67. The molecular formula is C21H28N4O. The van der Waals surface area contributed by atoms with E-state index in [2.05, 4.69) is 50.4 Å². The van der Waals surface area contributed by atoms with Gasteiger partial charge in [0.05, 0.1) is 12.3 Å². The normalized spacial score (nSPS) is 19.4. The third kappa shape index (κ3) is 3.49. The van der Waals surface area contributed by atoms with E-state index in [0.29, 0.717) is 0 Å². The minimum atomic E-state index is 0.250. The summed E-state index contributed by atoms with van der Waals surface area (Å²) in [5, 5.41) is 3.61. The van der Waals surface area contributed by atoms with Crippen LogP contribution < -0.4 is 10.2 Å². The van der Waals surface area contributed by atoms with E-state index in [1.54, 1.807) is 6.26 Å². The number of nitrogens with one attached hydrogen (secondary N) is 1. The summed E-state index contributed by atoms with van der Waals surface area (Å²) in [6, 6.07) is 12.9. The van der Waals surface area contributed by atoms with Crippen molar-refractivity contribution in [1.82, 2.24) is 10.2 Å². The summed E-state index contributed by atoms with van der Waals surface area (Å²) in [6.45, 7) is 4.06. The number of furan rings is 1. The fourth-order valence-corrected chi connectivity index (χ4v) is 4.16. The Bertz CT molecular complexity index is 734. The number of anilines is 1. The smallest absolute Gasteiger partial charge is 0.198 e. The van der Waals surface area contributed by atoms with E-state index >= 15 is 0 Å². The fraction of sp³-hybridized carbons (Fsp3) is 0.476. The lowest BCUT2D eigenvalue weighted by Crippen LogP contribution is -2.45. The van der Waals surface area contributed by atoms with Crippen molar-refractivity contribution in [2.45, 2.75) is 31.7 Å². The Kier molecular flexibility index (Phi) is 5.25. The van der Waals surface area contributed by atoms with Crippen LogP contribution in [0.15, 0.2) is 52.1 Å². The molecule has 1 unspecified atom stereocenters. The number of para-hydroxylation sites is 1.